The van der Waals surface area contributed by atoms with Crippen molar-refractivity contribution in [2.24, 2.45) is 0 Å². The summed E-state index contributed by atoms with van der Waals surface area (Å²) >= 11 is 0. The number of carbonyl (C=O) groups is 1. The summed E-state index contributed by atoms with van der Waals surface area (Å²) in [6, 6.07) is 20.7. The Hall–Kier alpha value is -4.57. The summed E-state index contributed by atoms with van der Waals surface area (Å²) in [6.07, 6.45) is 0.382. The van der Waals surface area contributed by atoms with Gasteiger partial charge in [-0.15, -0.1) is 0 Å². The Morgan fingerprint density at radius 2 is 1.75 bits per heavy atom. The number of ketones is 1. The van der Waals surface area contributed by atoms with E-state index in [-0.39, 0.29) is 35.4 Å². The van der Waals surface area contributed by atoms with Crippen molar-refractivity contribution in [3.8, 4) is 23.4 Å². The van der Waals surface area contributed by atoms with Gasteiger partial charge in [0.05, 0.1) is 19.8 Å². The van der Waals surface area contributed by atoms with Crippen LogP contribution in [-0.2, 0) is 19.4 Å². The third-order valence-electron chi connectivity index (χ3n) is 6.38. The van der Waals surface area contributed by atoms with Gasteiger partial charge >= 0.3 is 0 Å². The molecule has 1 aromatic heterocycles. The van der Waals surface area contributed by atoms with Crippen molar-refractivity contribution < 1.29 is 19.4 Å². The first-order chi connectivity index (χ1) is 17.4. The van der Waals surface area contributed by atoms with E-state index >= 15 is 0 Å². The Bertz CT molecular complexity index is 1560. The number of aryl methyl sites for hydroxylation is 1. The van der Waals surface area contributed by atoms with Gasteiger partial charge in [0, 0.05) is 13.0 Å². The molecule has 4 rings (SSSR count). The molecule has 7 nitrogen and oxygen atoms in total. The van der Waals surface area contributed by atoms with E-state index in [4.69, 9.17) is 9.47 Å². The molecule has 36 heavy (non-hydrogen) atoms. The molecule has 7 heteroatoms. The molecule has 0 bridgehead atoms. The Labute approximate surface area is 208 Å². The first kappa shape index (κ1) is 24.6. The van der Waals surface area contributed by atoms with E-state index in [0.717, 1.165) is 26.5 Å². The van der Waals surface area contributed by atoms with Gasteiger partial charge in [-0.1, -0.05) is 48.5 Å². The van der Waals surface area contributed by atoms with E-state index in [1.54, 1.807) is 19.2 Å². The number of aromatic nitrogens is 1. The molecule has 0 unspecified atom stereocenters. The summed E-state index contributed by atoms with van der Waals surface area (Å²) in [7, 11) is 3.08. The number of hydrogen-bond donors (Lipinski definition) is 1. The zero-order valence-electron chi connectivity index (χ0n) is 20.4. The van der Waals surface area contributed by atoms with Crippen molar-refractivity contribution in [3.05, 3.63) is 98.8 Å². The van der Waals surface area contributed by atoms with Gasteiger partial charge in [0.25, 0.3) is 5.56 Å². The Morgan fingerprint density at radius 3 is 2.47 bits per heavy atom. The molecule has 0 fully saturated rings. The summed E-state index contributed by atoms with van der Waals surface area (Å²) in [5.74, 6) is 0.323. The molecule has 4 aromatic rings. The lowest BCUT2D eigenvalue weighted by molar-refractivity contribution is 0.0988. The predicted octanol–water partition coefficient (Wildman–Crippen LogP) is 4.57. The topological polar surface area (TPSA) is 102 Å². The van der Waals surface area contributed by atoms with Crippen LogP contribution in [0.1, 0.15) is 32.6 Å². The van der Waals surface area contributed by atoms with Crippen LogP contribution in [0.2, 0.25) is 0 Å². The molecule has 1 heterocycles. The number of ether oxygens (including phenoxy) is 2. The van der Waals surface area contributed by atoms with E-state index in [9.17, 15) is 20.0 Å². The van der Waals surface area contributed by atoms with E-state index in [0.29, 0.717) is 17.9 Å². The highest BCUT2D eigenvalue weighted by Gasteiger charge is 2.24. The van der Waals surface area contributed by atoms with Crippen LogP contribution in [0.3, 0.4) is 0 Å². The normalized spacial score (nSPS) is 10.7. The molecule has 0 radical (unpaired) electrons. The molecule has 182 valence electrons. The maximum Gasteiger partial charge on any atom is 0.271 e. The van der Waals surface area contributed by atoms with Gasteiger partial charge in [0.1, 0.15) is 11.6 Å². The fourth-order valence-corrected chi connectivity index (χ4v) is 4.48. The minimum absolute atomic E-state index is 0.00797. The second-order valence-corrected chi connectivity index (χ2v) is 8.44. The fraction of sp³-hybridized carbons (Fsp3) is 0.207. The first-order valence-corrected chi connectivity index (χ1v) is 11.5. The Kier molecular flexibility index (Phi) is 7.07. The number of rotatable bonds is 8. The summed E-state index contributed by atoms with van der Waals surface area (Å²) in [5.41, 5.74) is 1.04. The molecule has 0 saturated carbocycles. The quantitative estimate of drug-likeness (QED) is 0.369. The summed E-state index contributed by atoms with van der Waals surface area (Å²) in [4.78, 5) is 26.5. The number of hydrogen-bond acceptors (Lipinski definition) is 6. The highest BCUT2D eigenvalue weighted by atomic mass is 16.5. The third-order valence-corrected chi connectivity index (χ3v) is 6.38. The molecule has 0 aliphatic carbocycles. The van der Waals surface area contributed by atoms with Gasteiger partial charge in [0.15, 0.2) is 17.3 Å². The van der Waals surface area contributed by atoms with Crippen molar-refractivity contribution in [2.45, 2.75) is 26.3 Å². The summed E-state index contributed by atoms with van der Waals surface area (Å²) in [5, 5.41) is 22.7. The number of Topliss-reactive ketones (excluding diaryl/α,β-unsaturated/α-hetero) is 1. The number of methoxy groups -OCH3 is 2. The second-order valence-electron chi connectivity index (χ2n) is 8.44. The minimum Gasteiger partial charge on any atom is -0.494 e. The highest BCUT2D eigenvalue weighted by Crippen LogP contribution is 2.29. The van der Waals surface area contributed by atoms with Crippen molar-refractivity contribution in [3.63, 3.8) is 0 Å². The van der Waals surface area contributed by atoms with Crippen LogP contribution < -0.4 is 15.0 Å². The van der Waals surface area contributed by atoms with Gasteiger partial charge in [-0.2, -0.15) is 5.26 Å². The van der Waals surface area contributed by atoms with Crippen molar-refractivity contribution in [2.75, 3.05) is 14.2 Å². The standard InChI is InChI=1S/C29H26N2O5/c1-18-23(17-30)28(33)31(14-13-19-11-12-25(35-2)26(15-19)36-3)29(34)27(18)24(32)16-21-9-6-8-20-7-4-5-10-22(20)21/h4-12,15,34H,13-14,16H2,1-3H3. The first-order valence-electron chi connectivity index (χ1n) is 11.5. The Morgan fingerprint density at radius 1 is 1.03 bits per heavy atom. The summed E-state index contributed by atoms with van der Waals surface area (Å²) in [6.45, 7) is 1.60. The molecular formula is C29H26N2O5. The average molecular weight is 483 g/mol. The van der Waals surface area contributed by atoms with Crippen LogP contribution in [-0.4, -0.2) is 29.7 Å². The van der Waals surface area contributed by atoms with E-state index in [1.165, 1.54) is 14.0 Å². The number of nitrogens with zero attached hydrogens (tertiary/aromatic N) is 2. The lowest BCUT2D eigenvalue weighted by atomic mass is 9.94. The zero-order chi connectivity index (χ0) is 25.8. The maximum atomic E-state index is 13.4. The van der Waals surface area contributed by atoms with E-state index < -0.39 is 11.4 Å². The maximum absolute atomic E-state index is 13.4. The van der Waals surface area contributed by atoms with Crippen molar-refractivity contribution >= 4 is 16.6 Å². The molecule has 0 spiro atoms. The largest absolute Gasteiger partial charge is 0.494 e. The number of aromatic hydroxyl groups is 1. The monoisotopic (exact) mass is 482 g/mol. The van der Waals surface area contributed by atoms with Crippen LogP contribution >= 0.6 is 0 Å². The van der Waals surface area contributed by atoms with E-state index in [2.05, 4.69) is 0 Å². The lowest BCUT2D eigenvalue weighted by Gasteiger charge is -2.16. The molecule has 0 saturated heterocycles. The van der Waals surface area contributed by atoms with Gasteiger partial charge in [-0.05, 0) is 52.9 Å². The van der Waals surface area contributed by atoms with Crippen LogP contribution in [0.4, 0.5) is 0 Å². The lowest BCUT2D eigenvalue weighted by Crippen LogP contribution is -2.27. The Balaban J connectivity index is 1.71. The van der Waals surface area contributed by atoms with Gasteiger partial charge in [-0.25, -0.2) is 0 Å². The molecule has 3 aromatic carbocycles. The fourth-order valence-electron chi connectivity index (χ4n) is 4.48. The zero-order valence-corrected chi connectivity index (χ0v) is 20.4. The molecule has 0 amide bonds. The van der Waals surface area contributed by atoms with Gasteiger partial charge in [0.2, 0.25) is 5.88 Å². The highest BCUT2D eigenvalue weighted by molar-refractivity contribution is 6.03. The molecule has 0 aliphatic heterocycles. The average Bonchev–Trinajstić information content (AvgIpc) is 2.89. The second kappa shape index (κ2) is 10.4. The van der Waals surface area contributed by atoms with Gasteiger partial charge < -0.3 is 14.6 Å². The van der Waals surface area contributed by atoms with Gasteiger partial charge in [-0.3, -0.25) is 14.2 Å². The van der Waals surface area contributed by atoms with Crippen LogP contribution in [0.15, 0.2) is 65.5 Å². The van der Waals surface area contributed by atoms with Crippen LogP contribution in [0.5, 0.6) is 17.4 Å². The number of pyridine rings is 1. The number of benzene rings is 3. The van der Waals surface area contributed by atoms with Crippen LogP contribution in [0, 0.1) is 18.3 Å². The van der Waals surface area contributed by atoms with Crippen molar-refractivity contribution in [1.29, 1.82) is 5.26 Å². The SMILES string of the molecule is COc1ccc(CCn2c(O)c(C(=O)Cc3cccc4ccccc34)c(C)c(C#N)c2=O)cc1OC. The molecule has 0 aliphatic rings. The van der Waals surface area contributed by atoms with Crippen LogP contribution in [0.25, 0.3) is 10.8 Å². The molecule has 0 atom stereocenters. The van der Waals surface area contributed by atoms with Crippen molar-refractivity contribution in [1.82, 2.24) is 4.57 Å². The molecule has 1 N–H and O–H groups in total. The number of carbonyl (C=O) groups excluding carboxylic acids is 1. The molecular weight excluding hydrogens is 456 g/mol. The number of fused-ring (bicyclic) bond motifs is 1. The third kappa shape index (κ3) is 4.53. The van der Waals surface area contributed by atoms with E-state index in [1.807, 2.05) is 54.6 Å². The minimum atomic E-state index is -0.630. The predicted molar refractivity (Wildman–Crippen MR) is 137 cm³/mol. The smallest absolute Gasteiger partial charge is 0.271 e. The summed E-state index contributed by atoms with van der Waals surface area (Å²) < 4.78 is 11.7. The number of nitriles is 1.